The molecule has 2 aromatic carbocycles. The van der Waals surface area contributed by atoms with Crippen LogP contribution in [-0.4, -0.2) is 22.9 Å². The lowest BCUT2D eigenvalue weighted by molar-refractivity contribution is -0.385. The summed E-state index contributed by atoms with van der Waals surface area (Å²) in [5, 5.41) is 14.3. The Morgan fingerprint density at radius 2 is 2.07 bits per heavy atom. The number of anilines is 1. The molecule has 8 heteroatoms. The van der Waals surface area contributed by atoms with Crippen LogP contribution in [-0.2, 0) is 12.8 Å². The number of rotatable bonds is 4. The fourth-order valence-electron chi connectivity index (χ4n) is 3.40. The molecule has 1 N–H and O–H groups in total. The minimum atomic E-state index is -0.561. The molecule has 28 heavy (non-hydrogen) atoms. The topological polar surface area (TPSA) is 94.4 Å². The summed E-state index contributed by atoms with van der Waals surface area (Å²) in [7, 11) is 1.65. The maximum atomic E-state index is 12.6. The highest BCUT2D eigenvalue weighted by Gasteiger charge is 2.25. The number of thiazole rings is 1. The van der Waals surface area contributed by atoms with Crippen molar-refractivity contribution >= 4 is 28.1 Å². The summed E-state index contributed by atoms with van der Waals surface area (Å²) in [4.78, 5) is 28.9. The Labute approximate surface area is 165 Å². The molecule has 3 aromatic rings. The summed E-state index contributed by atoms with van der Waals surface area (Å²) in [5.74, 6) is 0.312. The summed E-state index contributed by atoms with van der Waals surface area (Å²) >= 11 is 1.41. The molecule has 1 amide bonds. The molecule has 0 bridgehead atoms. The van der Waals surface area contributed by atoms with Gasteiger partial charge in [-0.3, -0.25) is 20.2 Å². The smallest absolute Gasteiger partial charge is 0.282 e. The molecular formula is C20H17N3O4S. The lowest BCUT2D eigenvalue weighted by Gasteiger charge is -2.17. The van der Waals surface area contributed by atoms with Gasteiger partial charge in [-0.2, -0.15) is 0 Å². The average molecular weight is 395 g/mol. The van der Waals surface area contributed by atoms with Crippen molar-refractivity contribution in [3.05, 3.63) is 68.1 Å². The predicted molar refractivity (Wildman–Crippen MR) is 107 cm³/mol. The van der Waals surface area contributed by atoms with Crippen LogP contribution in [0.4, 0.5) is 10.8 Å². The number of para-hydroxylation sites is 1. The molecule has 1 aliphatic carbocycles. The zero-order chi connectivity index (χ0) is 19.8. The van der Waals surface area contributed by atoms with E-state index in [-0.39, 0.29) is 11.3 Å². The Hall–Kier alpha value is -3.26. The van der Waals surface area contributed by atoms with Crippen molar-refractivity contribution < 1.29 is 14.5 Å². The second kappa shape index (κ2) is 7.05. The number of hydrogen-bond donors (Lipinski definition) is 1. The van der Waals surface area contributed by atoms with Crippen molar-refractivity contribution in [2.24, 2.45) is 0 Å². The van der Waals surface area contributed by atoms with Crippen molar-refractivity contribution in [2.45, 2.75) is 19.8 Å². The van der Waals surface area contributed by atoms with Gasteiger partial charge in [-0.25, -0.2) is 4.98 Å². The monoisotopic (exact) mass is 395 g/mol. The molecule has 1 aromatic heterocycles. The van der Waals surface area contributed by atoms with E-state index in [2.05, 4.69) is 16.4 Å². The van der Waals surface area contributed by atoms with Gasteiger partial charge < -0.3 is 4.74 Å². The second-order valence-electron chi connectivity index (χ2n) is 6.50. The number of nitrogens with one attached hydrogen (secondary N) is 1. The largest absolute Gasteiger partial charge is 0.496 e. The number of hydrogen-bond acceptors (Lipinski definition) is 6. The van der Waals surface area contributed by atoms with Crippen LogP contribution in [0.3, 0.4) is 0 Å². The fraction of sp³-hybridized carbons (Fsp3) is 0.200. The number of nitro groups is 1. The Balaban J connectivity index is 1.66. The van der Waals surface area contributed by atoms with Gasteiger partial charge in [0.05, 0.1) is 17.7 Å². The first-order valence-corrected chi connectivity index (χ1v) is 9.52. The Morgan fingerprint density at radius 1 is 1.29 bits per heavy atom. The van der Waals surface area contributed by atoms with Crippen LogP contribution < -0.4 is 10.1 Å². The zero-order valence-corrected chi connectivity index (χ0v) is 16.1. The molecule has 142 valence electrons. The number of ether oxygens (including phenoxy) is 1. The number of benzene rings is 2. The van der Waals surface area contributed by atoms with Crippen LogP contribution in [0, 0.1) is 17.0 Å². The van der Waals surface area contributed by atoms with Crippen molar-refractivity contribution in [3.63, 3.8) is 0 Å². The summed E-state index contributed by atoms with van der Waals surface area (Å²) in [6.07, 6.45) is 1.70. The molecule has 0 spiro atoms. The molecule has 0 saturated carbocycles. The third-order valence-electron chi connectivity index (χ3n) is 4.76. The molecule has 1 aliphatic rings. The SMILES string of the molecule is COc1cc2c(cc1C)-c1nc(NC(=O)c3ccccc3[N+](=O)[O-])sc1CC2. The Kier molecular flexibility index (Phi) is 4.56. The van der Waals surface area contributed by atoms with Crippen LogP contribution in [0.15, 0.2) is 36.4 Å². The zero-order valence-electron chi connectivity index (χ0n) is 15.3. The average Bonchev–Trinajstić information content (AvgIpc) is 3.10. The first kappa shape index (κ1) is 18.1. The number of nitrogens with zero attached hydrogens (tertiary/aromatic N) is 2. The van der Waals surface area contributed by atoms with Crippen molar-refractivity contribution in [1.29, 1.82) is 0 Å². The maximum Gasteiger partial charge on any atom is 0.282 e. The number of amides is 1. The van der Waals surface area contributed by atoms with Gasteiger partial charge in [0.15, 0.2) is 5.13 Å². The maximum absolute atomic E-state index is 12.6. The normalized spacial score (nSPS) is 12.1. The van der Waals surface area contributed by atoms with Crippen molar-refractivity contribution in [1.82, 2.24) is 4.98 Å². The van der Waals surface area contributed by atoms with Crippen molar-refractivity contribution in [2.75, 3.05) is 12.4 Å². The van der Waals surface area contributed by atoms with Crippen molar-refractivity contribution in [3.8, 4) is 17.0 Å². The fourth-order valence-corrected chi connectivity index (χ4v) is 4.37. The molecule has 0 atom stereocenters. The minimum absolute atomic E-state index is 0.0154. The number of aromatic nitrogens is 1. The number of fused-ring (bicyclic) bond motifs is 3. The number of nitro benzene ring substituents is 1. The quantitative estimate of drug-likeness (QED) is 0.522. The minimum Gasteiger partial charge on any atom is -0.496 e. The van der Waals surface area contributed by atoms with Gasteiger partial charge in [0.25, 0.3) is 11.6 Å². The number of carbonyl (C=O) groups excluding carboxylic acids is 1. The van der Waals surface area contributed by atoms with Gasteiger partial charge in [0.1, 0.15) is 11.3 Å². The molecule has 0 aliphatic heterocycles. The van der Waals surface area contributed by atoms with E-state index < -0.39 is 10.8 Å². The van der Waals surface area contributed by atoms with E-state index in [1.54, 1.807) is 13.2 Å². The molecule has 0 unspecified atom stereocenters. The van der Waals surface area contributed by atoms with Gasteiger partial charge >= 0.3 is 0 Å². The van der Waals surface area contributed by atoms with Crippen LogP contribution in [0.1, 0.15) is 26.4 Å². The molecule has 7 nitrogen and oxygen atoms in total. The van der Waals surface area contributed by atoms with E-state index in [1.807, 2.05) is 13.0 Å². The lowest BCUT2D eigenvalue weighted by Crippen LogP contribution is -2.13. The summed E-state index contributed by atoms with van der Waals surface area (Å²) in [5.41, 5.74) is 3.87. The summed E-state index contributed by atoms with van der Waals surface area (Å²) in [6, 6.07) is 9.98. The van der Waals surface area contributed by atoms with E-state index in [9.17, 15) is 14.9 Å². The van der Waals surface area contributed by atoms with Gasteiger partial charge in [-0.05, 0) is 49.1 Å². The molecular weight excluding hydrogens is 378 g/mol. The molecule has 0 radical (unpaired) electrons. The second-order valence-corrected chi connectivity index (χ2v) is 7.58. The molecule has 0 fully saturated rings. The van der Waals surface area contributed by atoms with Crippen LogP contribution in [0.5, 0.6) is 5.75 Å². The Bertz CT molecular complexity index is 1110. The predicted octanol–water partition coefficient (Wildman–Crippen LogP) is 4.39. The lowest BCUT2D eigenvalue weighted by atomic mass is 9.91. The van der Waals surface area contributed by atoms with Crippen LogP contribution in [0.25, 0.3) is 11.3 Å². The first-order chi connectivity index (χ1) is 13.5. The Morgan fingerprint density at radius 3 is 2.82 bits per heavy atom. The van der Waals surface area contributed by atoms with Gasteiger partial charge in [-0.15, -0.1) is 11.3 Å². The molecule has 4 rings (SSSR count). The highest BCUT2D eigenvalue weighted by molar-refractivity contribution is 7.16. The van der Waals surface area contributed by atoms with E-state index >= 15 is 0 Å². The van der Waals surface area contributed by atoms with E-state index in [0.717, 1.165) is 45.9 Å². The van der Waals surface area contributed by atoms with Crippen LogP contribution in [0.2, 0.25) is 0 Å². The number of methoxy groups -OCH3 is 1. The summed E-state index contributed by atoms with van der Waals surface area (Å²) in [6.45, 7) is 1.98. The molecule has 1 heterocycles. The number of aryl methyl sites for hydroxylation is 3. The third kappa shape index (κ3) is 3.11. The van der Waals surface area contributed by atoms with E-state index in [4.69, 9.17) is 4.74 Å². The van der Waals surface area contributed by atoms with E-state index in [1.165, 1.54) is 29.5 Å². The van der Waals surface area contributed by atoms with Gasteiger partial charge in [-0.1, -0.05) is 12.1 Å². The van der Waals surface area contributed by atoms with Gasteiger partial charge in [0.2, 0.25) is 0 Å². The highest BCUT2D eigenvalue weighted by atomic mass is 32.1. The van der Waals surface area contributed by atoms with E-state index in [0.29, 0.717) is 5.13 Å². The molecule has 0 saturated heterocycles. The van der Waals surface area contributed by atoms with Gasteiger partial charge in [0, 0.05) is 16.5 Å². The standard InChI is InChI=1S/C20H17N3O4S/c1-11-9-14-12(10-16(11)27-2)7-8-17-18(14)21-20(28-17)22-19(24)13-5-3-4-6-15(13)23(25)26/h3-6,9-10H,7-8H2,1-2H3,(H,21,22,24). The summed E-state index contributed by atoms with van der Waals surface area (Å²) < 4.78 is 5.41. The number of carbonyl (C=O) groups is 1. The third-order valence-corrected chi connectivity index (χ3v) is 5.79. The van der Waals surface area contributed by atoms with Crippen LogP contribution >= 0.6 is 11.3 Å². The highest BCUT2D eigenvalue weighted by Crippen LogP contribution is 2.40. The first-order valence-electron chi connectivity index (χ1n) is 8.70.